The SMILES string of the molecule is CCc1sc2ncn(Cc3ccccc3Cl)c(=O)c2c1-c1ccc(Br)cc1. The van der Waals surface area contributed by atoms with Crippen LogP contribution < -0.4 is 5.56 Å². The van der Waals surface area contributed by atoms with E-state index in [0.717, 1.165) is 32.4 Å². The van der Waals surface area contributed by atoms with Crippen molar-refractivity contribution in [3.05, 3.63) is 85.1 Å². The molecule has 2 aromatic heterocycles. The minimum absolute atomic E-state index is 0.0335. The summed E-state index contributed by atoms with van der Waals surface area (Å²) in [4.78, 5) is 19.8. The second-order valence-corrected chi connectivity index (χ2v) is 8.62. The van der Waals surface area contributed by atoms with E-state index in [-0.39, 0.29) is 5.56 Å². The summed E-state index contributed by atoms with van der Waals surface area (Å²) < 4.78 is 2.65. The van der Waals surface area contributed by atoms with E-state index in [2.05, 4.69) is 27.8 Å². The van der Waals surface area contributed by atoms with Crippen LogP contribution in [-0.2, 0) is 13.0 Å². The maximum atomic E-state index is 13.3. The zero-order valence-electron chi connectivity index (χ0n) is 14.6. The van der Waals surface area contributed by atoms with Crippen LogP contribution in [0.25, 0.3) is 21.3 Å². The number of rotatable bonds is 4. The predicted molar refractivity (Wildman–Crippen MR) is 117 cm³/mol. The average Bonchev–Trinajstić information content (AvgIpc) is 3.06. The van der Waals surface area contributed by atoms with E-state index in [0.29, 0.717) is 17.0 Å². The summed E-state index contributed by atoms with van der Waals surface area (Å²) in [7, 11) is 0. The third kappa shape index (κ3) is 3.47. The monoisotopic (exact) mass is 458 g/mol. The lowest BCUT2D eigenvalue weighted by atomic mass is 10.0. The molecule has 0 unspecified atom stereocenters. The molecule has 2 heterocycles. The van der Waals surface area contributed by atoms with Crippen LogP contribution in [0.2, 0.25) is 5.02 Å². The molecule has 0 saturated carbocycles. The van der Waals surface area contributed by atoms with Crippen LogP contribution in [0.3, 0.4) is 0 Å². The van der Waals surface area contributed by atoms with E-state index in [1.54, 1.807) is 22.2 Å². The molecule has 0 aliphatic rings. The number of hydrogen-bond acceptors (Lipinski definition) is 3. The molecular formula is C21H16BrClN2OS. The molecule has 3 nitrogen and oxygen atoms in total. The molecule has 4 rings (SSSR count). The Balaban J connectivity index is 1.91. The van der Waals surface area contributed by atoms with Crippen LogP contribution in [0.1, 0.15) is 17.4 Å². The lowest BCUT2D eigenvalue weighted by Crippen LogP contribution is -2.21. The molecule has 2 aromatic carbocycles. The van der Waals surface area contributed by atoms with Crippen molar-refractivity contribution in [1.82, 2.24) is 9.55 Å². The molecule has 0 radical (unpaired) electrons. The molecule has 0 bridgehead atoms. The Morgan fingerprint density at radius 3 is 2.59 bits per heavy atom. The van der Waals surface area contributed by atoms with Gasteiger partial charge >= 0.3 is 0 Å². The molecule has 27 heavy (non-hydrogen) atoms. The first-order valence-electron chi connectivity index (χ1n) is 8.58. The number of thiophene rings is 1. The van der Waals surface area contributed by atoms with Crippen molar-refractivity contribution < 1.29 is 0 Å². The largest absolute Gasteiger partial charge is 0.294 e. The molecule has 0 fully saturated rings. The van der Waals surface area contributed by atoms with Crippen molar-refractivity contribution in [3.63, 3.8) is 0 Å². The first-order valence-corrected chi connectivity index (χ1v) is 10.6. The number of halogens is 2. The zero-order valence-corrected chi connectivity index (χ0v) is 17.7. The van der Waals surface area contributed by atoms with Crippen molar-refractivity contribution in [2.24, 2.45) is 0 Å². The van der Waals surface area contributed by atoms with Gasteiger partial charge in [-0.3, -0.25) is 9.36 Å². The Labute approximate surface area is 174 Å². The van der Waals surface area contributed by atoms with Gasteiger partial charge in [0.25, 0.3) is 5.56 Å². The Kier molecular flexibility index (Phi) is 5.17. The van der Waals surface area contributed by atoms with Crippen molar-refractivity contribution in [3.8, 4) is 11.1 Å². The fourth-order valence-corrected chi connectivity index (χ4v) is 4.72. The molecule has 0 atom stereocenters. The number of hydrogen-bond donors (Lipinski definition) is 0. The number of aromatic nitrogens is 2. The topological polar surface area (TPSA) is 34.9 Å². The van der Waals surface area contributed by atoms with E-state index in [9.17, 15) is 4.79 Å². The second-order valence-electron chi connectivity index (χ2n) is 6.21. The van der Waals surface area contributed by atoms with Gasteiger partial charge in [-0.2, -0.15) is 0 Å². The van der Waals surface area contributed by atoms with Crippen molar-refractivity contribution in [2.75, 3.05) is 0 Å². The summed E-state index contributed by atoms with van der Waals surface area (Å²) in [5.74, 6) is 0. The molecule has 6 heteroatoms. The molecule has 0 aliphatic heterocycles. The third-order valence-electron chi connectivity index (χ3n) is 4.50. The summed E-state index contributed by atoms with van der Waals surface area (Å²) in [6, 6.07) is 15.6. The summed E-state index contributed by atoms with van der Waals surface area (Å²) in [5, 5.41) is 1.34. The number of nitrogens with zero attached hydrogens (tertiary/aromatic N) is 2. The summed E-state index contributed by atoms with van der Waals surface area (Å²) in [6.07, 6.45) is 2.48. The average molecular weight is 460 g/mol. The Hall–Kier alpha value is -1.95. The maximum Gasteiger partial charge on any atom is 0.263 e. The van der Waals surface area contributed by atoms with Crippen LogP contribution >= 0.6 is 38.9 Å². The van der Waals surface area contributed by atoms with Crippen molar-refractivity contribution in [2.45, 2.75) is 19.9 Å². The maximum absolute atomic E-state index is 13.3. The fourth-order valence-electron chi connectivity index (χ4n) is 3.17. The van der Waals surface area contributed by atoms with Crippen LogP contribution in [0, 0.1) is 0 Å². The van der Waals surface area contributed by atoms with Gasteiger partial charge in [-0.15, -0.1) is 11.3 Å². The second kappa shape index (κ2) is 7.58. The van der Waals surface area contributed by atoms with Crippen LogP contribution in [0.5, 0.6) is 0 Å². The fraction of sp³-hybridized carbons (Fsp3) is 0.143. The van der Waals surface area contributed by atoms with E-state index in [1.165, 1.54) is 4.88 Å². The summed E-state index contributed by atoms with van der Waals surface area (Å²) in [5.41, 5.74) is 2.90. The van der Waals surface area contributed by atoms with E-state index >= 15 is 0 Å². The van der Waals surface area contributed by atoms with Gasteiger partial charge in [0.1, 0.15) is 4.83 Å². The molecular weight excluding hydrogens is 444 g/mol. The Morgan fingerprint density at radius 2 is 1.89 bits per heavy atom. The van der Waals surface area contributed by atoms with Crippen molar-refractivity contribution >= 4 is 49.1 Å². The molecule has 0 amide bonds. The zero-order chi connectivity index (χ0) is 19.0. The van der Waals surface area contributed by atoms with Crippen LogP contribution in [0.4, 0.5) is 0 Å². The van der Waals surface area contributed by atoms with E-state index < -0.39 is 0 Å². The van der Waals surface area contributed by atoms with E-state index in [1.807, 2.05) is 48.5 Å². The number of fused-ring (bicyclic) bond motifs is 1. The standard InChI is InChI=1S/C21H16BrClN2OS/c1-2-17-18(13-7-9-15(22)10-8-13)19-20(27-17)24-12-25(21(19)26)11-14-5-3-4-6-16(14)23/h3-10,12H,2,11H2,1H3. The van der Waals surface area contributed by atoms with Gasteiger partial charge in [0.05, 0.1) is 18.3 Å². The highest BCUT2D eigenvalue weighted by Gasteiger charge is 2.18. The van der Waals surface area contributed by atoms with Gasteiger partial charge in [-0.05, 0) is 35.7 Å². The minimum Gasteiger partial charge on any atom is -0.294 e. The van der Waals surface area contributed by atoms with Gasteiger partial charge in [0.15, 0.2) is 0 Å². The molecule has 4 aromatic rings. The summed E-state index contributed by atoms with van der Waals surface area (Å²) in [6.45, 7) is 2.51. The highest BCUT2D eigenvalue weighted by Crippen LogP contribution is 2.36. The van der Waals surface area contributed by atoms with Gasteiger partial charge in [-0.1, -0.05) is 64.8 Å². The quantitative estimate of drug-likeness (QED) is 0.367. The molecule has 0 saturated heterocycles. The third-order valence-corrected chi connectivity index (χ3v) is 6.64. The Bertz CT molecular complexity index is 1180. The smallest absolute Gasteiger partial charge is 0.263 e. The van der Waals surface area contributed by atoms with Crippen molar-refractivity contribution in [1.29, 1.82) is 0 Å². The van der Waals surface area contributed by atoms with Gasteiger partial charge in [0, 0.05) is 19.9 Å². The lowest BCUT2D eigenvalue weighted by molar-refractivity contribution is 0.749. The Morgan fingerprint density at radius 1 is 1.15 bits per heavy atom. The highest BCUT2D eigenvalue weighted by molar-refractivity contribution is 9.10. The molecule has 136 valence electrons. The highest BCUT2D eigenvalue weighted by atomic mass is 79.9. The summed E-state index contributed by atoms with van der Waals surface area (Å²) >= 11 is 11.3. The first kappa shape index (κ1) is 18.4. The van der Waals surface area contributed by atoms with E-state index in [4.69, 9.17) is 11.6 Å². The molecule has 0 spiro atoms. The van der Waals surface area contributed by atoms with Gasteiger partial charge in [-0.25, -0.2) is 4.98 Å². The lowest BCUT2D eigenvalue weighted by Gasteiger charge is -2.08. The normalized spacial score (nSPS) is 11.2. The number of aryl methyl sites for hydroxylation is 1. The molecule has 0 N–H and O–H groups in total. The first-order chi connectivity index (χ1) is 13.1. The predicted octanol–water partition coefficient (Wildman–Crippen LogP) is 6.15. The minimum atomic E-state index is -0.0335. The van der Waals surface area contributed by atoms with Crippen LogP contribution in [-0.4, -0.2) is 9.55 Å². The van der Waals surface area contributed by atoms with Gasteiger partial charge in [0.2, 0.25) is 0 Å². The van der Waals surface area contributed by atoms with Crippen LogP contribution in [0.15, 0.2) is 64.1 Å². The molecule has 0 aliphatic carbocycles. The number of benzene rings is 2. The van der Waals surface area contributed by atoms with Gasteiger partial charge < -0.3 is 0 Å².